The van der Waals surface area contributed by atoms with E-state index in [0.717, 1.165) is 12.1 Å². The molecule has 24 heavy (non-hydrogen) atoms. The van der Waals surface area contributed by atoms with Crippen LogP contribution in [0.1, 0.15) is 5.56 Å². The van der Waals surface area contributed by atoms with E-state index in [-0.39, 0.29) is 16.5 Å². The topological polar surface area (TPSA) is 49.3 Å². The second-order valence-electron chi connectivity index (χ2n) is 4.52. The number of carbonyl (C=O) groups excluding carboxylic acids is 1. The van der Waals surface area contributed by atoms with Gasteiger partial charge in [-0.15, -0.1) is 11.8 Å². The van der Waals surface area contributed by atoms with Crippen LogP contribution in [0.4, 0.5) is 36.4 Å². The van der Waals surface area contributed by atoms with Gasteiger partial charge in [-0.1, -0.05) is 0 Å². The molecule has 0 saturated carbocycles. The molecule has 1 aromatic rings. The maximum atomic E-state index is 13.7. The first-order chi connectivity index (χ1) is 10.8. The van der Waals surface area contributed by atoms with Crippen LogP contribution in [0.5, 0.6) is 0 Å². The third-order valence-electron chi connectivity index (χ3n) is 2.47. The molecular formula is C13H10F7NO2S. The highest BCUT2D eigenvalue weighted by atomic mass is 32.2. The van der Waals surface area contributed by atoms with Crippen LogP contribution in [0.15, 0.2) is 28.9 Å². The van der Waals surface area contributed by atoms with Gasteiger partial charge in [0.15, 0.2) is 0 Å². The predicted octanol–water partition coefficient (Wildman–Crippen LogP) is 4.73. The second-order valence-corrected chi connectivity index (χ2v) is 5.54. The molecular weight excluding hydrogens is 367 g/mol. The first-order valence-electron chi connectivity index (χ1n) is 6.08. The lowest BCUT2D eigenvalue weighted by atomic mass is 10.2. The molecule has 1 amide bonds. The van der Waals surface area contributed by atoms with Gasteiger partial charge in [-0.2, -0.15) is 26.3 Å². The molecule has 0 spiro atoms. The monoisotopic (exact) mass is 377 g/mol. The fraction of sp³-hybridized carbons (Fsp3) is 0.308. The summed E-state index contributed by atoms with van der Waals surface area (Å²) in [7, 11) is 0. The Hall–Kier alpha value is -1.91. The summed E-state index contributed by atoms with van der Waals surface area (Å²) in [6.45, 7) is 1.34. The van der Waals surface area contributed by atoms with E-state index in [9.17, 15) is 35.5 Å². The average Bonchev–Trinajstić information content (AvgIpc) is 2.38. The van der Waals surface area contributed by atoms with Crippen molar-refractivity contribution in [1.82, 2.24) is 0 Å². The largest absolute Gasteiger partial charge is 0.504 e. The smallest absolute Gasteiger partial charge is 0.448 e. The van der Waals surface area contributed by atoms with E-state index in [1.54, 1.807) is 5.32 Å². The first-order valence-corrected chi connectivity index (χ1v) is 7.06. The molecule has 0 heterocycles. The van der Waals surface area contributed by atoms with Gasteiger partial charge < -0.3 is 10.4 Å². The van der Waals surface area contributed by atoms with E-state index in [1.165, 1.54) is 6.92 Å². The van der Waals surface area contributed by atoms with Crippen LogP contribution >= 0.6 is 11.8 Å². The fourth-order valence-electron chi connectivity index (χ4n) is 1.44. The van der Waals surface area contributed by atoms with Gasteiger partial charge >= 0.3 is 12.4 Å². The van der Waals surface area contributed by atoms with Crippen molar-refractivity contribution in [2.45, 2.75) is 24.2 Å². The summed E-state index contributed by atoms with van der Waals surface area (Å²) in [5, 5.41) is 10.4. The number of benzene rings is 1. The molecule has 0 fully saturated rings. The minimum Gasteiger partial charge on any atom is -0.504 e. The van der Waals surface area contributed by atoms with Gasteiger partial charge in [-0.05, 0) is 24.6 Å². The number of halogens is 7. The van der Waals surface area contributed by atoms with Crippen molar-refractivity contribution in [3.8, 4) is 0 Å². The Morgan fingerprint density at radius 3 is 2.33 bits per heavy atom. The molecule has 0 bridgehead atoms. The number of allylic oxidation sites excluding steroid dienone is 1. The number of aliphatic hydroxyl groups is 1. The van der Waals surface area contributed by atoms with E-state index in [0.29, 0.717) is 11.8 Å². The number of alkyl halides is 6. The molecule has 1 rings (SSSR count). The highest BCUT2D eigenvalue weighted by Crippen LogP contribution is 2.32. The number of hydrogen-bond donors (Lipinski definition) is 2. The van der Waals surface area contributed by atoms with Crippen LogP contribution in [0, 0.1) is 12.7 Å². The normalized spacial score (nSPS) is 13.1. The number of rotatable bonds is 4. The summed E-state index contributed by atoms with van der Waals surface area (Å²) >= 11 is 0.334. The molecule has 3 nitrogen and oxygen atoms in total. The number of nitrogens with one attached hydrogen (secondary N) is 1. The van der Waals surface area contributed by atoms with Crippen LogP contribution in [0.3, 0.4) is 0 Å². The molecule has 11 heteroatoms. The van der Waals surface area contributed by atoms with Crippen LogP contribution < -0.4 is 5.32 Å². The van der Waals surface area contributed by atoms with Crippen LogP contribution in [-0.4, -0.2) is 29.1 Å². The number of hydrogen-bond acceptors (Lipinski definition) is 3. The lowest BCUT2D eigenvalue weighted by Crippen LogP contribution is -2.17. The second kappa shape index (κ2) is 7.32. The molecule has 0 unspecified atom stereocenters. The Kier molecular flexibility index (Phi) is 6.15. The van der Waals surface area contributed by atoms with E-state index >= 15 is 0 Å². The van der Waals surface area contributed by atoms with Crippen molar-refractivity contribution in [3.05, 3.63) is 35.3 Å². The third-order valence-corrected chi connectivity index (χ3v) is 3.69. The summed E-state index contributed by atoms with van der Waals surface area (Å²) in [4.78, 5) is 11.3. The summed E-state index contributed by atoms with van der Waals surface area (Å²) < 4.78 is 86.5. The first kappa shape index (κ1) is 20.1. The Morgan fingerprint density at radius 1 is 1.25 bits per heavy atom. The maximum absolute atomic E-state index is 13.7. The Morgan fingerprint density at radius 2 is 1.83 bits per heavy atom. The van der Waals surface area contributed by atoms with Gasteiger partial charge in [0.1, 0.15) is 5.82 Å². The minimum atomic E-state index is -5.16. The van der Waals surface area contributed by atoms with Gasteiger partial charge in [0, 0.05) is 4.90 Å². The number of thioether (sulfide) groups is 1. The lowest BCUT2D eigenvalue weighted by molar-refractivity contribution is -0.124. The molecule has 134 valence electrons. The van der Waals surface area contributed by atoms with Gasteiger partial charge in [-0.25, -0.2) is 4.39 Å². The Labute approximate surface area is 135 Å². The zero-order valence-corrected chi connectivity index (χ0v) is 12.7. The molecule has 1 aromatic carbocycles. The van der Waals surface area contributed by atoms with Crippen molar-refractivity contribution in [2.75, 3.05) is 11.1 Å². The van der Waals surface area contributed by atoms with Gasteiger partial charge in [-0.3, -0.25) is 4.79 Å². The van der Waals surface area contributed by atoms with Crippen molar-refractivity contribution in [1.29, 1.82) is 0 Å². The van der Waals surface area contributed by atoms with Crippen molar-refractivity contribution in [3.63, 3.8) is 0 Å². The van der Waals surface area contributed by atoms with Crippen LogP contribution in [0.25, 0.3) is 0 Å². The van der Waals surface area contributed by atoms with Crippen molar-refractivity contribution < 1.29 is 40.6 Å². The summed E-state index contributed by atoms with van der Waals surface area (Å²) in [5.41, 5.74) is -0.449. The molecule has 0 atom stereocenters. The van der Waals surface area contributed by atoms with E-state index < -0.39 is 41.3 Å². The van der Waals surface area contributed by atoms with Gasteiger partial charge in [0.2, 0.25) is 5.76 Å². The minimum absolute atomic E-state index is 0.00644. The lowest BCUT2D eigenvalue weighted by Gasteiger charge is -2.12. The summed E-state index contributed by atoms with van der Waals surface area (Å²) in [5.74, 6) is -5.99. The number of anilines is 1. The molecule has 0 aliphatic heterocycles. The van der Waals surface area contributed by atoms with Crippen molar-refractivity contribution >= 4 is 23.4 Å². The summed E-state index contributed by atoms with van der Waals surface area (Å²) in [6, 6.07) is 1.71. The molecule has 0 aliphatic rings. The van der Waals surface area contributed by atoms with Crippen LogP contribution in [-0.2, 0) is 4.79 Å². The molecule has 0 saturated heterocycles. The van der Waals surface area contributed by atoms with E-state index in [4.69, 9.17) is 5.11 Å². The average molecular weight is 377 g/mol. The summed E-state index contributed by atoms with van der Waals surface area (Å²) in [6.07, 6.45) is -9.84. The SMILES string of the molecule is Cc1cc(F)c(NC(=O)C=C(O)C(F)(F)F)cc1SCC(F)(F)F. The fourth-order valence-corrected chi connectivity index (χ4v) is 2.25. The zero-order chi connectivity index (χ0) is 18.7. The van der Waals surface area contributed by atoms with Crippen LogP contribution in [0.2, 0.25) is 0 Å². The number of carbonyl (C=O) groups is 1. The Bertz CT molecular complexity index is 653. The standard InChI is InChI=1S/C13H10F7NO2S/c1-6-2-7(14)8(3-9(6)24-5-12(15,16)17)21-11(23)4-10(22)13(18,19)20/h2-4,22H,5H2,1H3,(H,21,23). The van der Waals surface area contributed by atoms with Crippen molar-refractivity contribution in [2.24, 2.45) is 0 Å². The third kappa shape index (κ3) is 6.30. The zero-order valence-electron chi connectivity index (χ0n) is 11.8. The van der Waals surface area contributed by atoms with E-state index in [2.05, 4.69) is 0 Å². The molecule has 0 radical (unpaired) electrons. The van der Waals surface area contributed by atoms with Gasteiger partial charge in [0.05, 0.1) is 17.5 Å². The highest BCUT2D eigenvalue weighted by Gasteiger charge is 2.34. The number of aryl methyl sites for hydroxylation is 1. The highest BCUT2D eigenvalue weighted by molar-refractivity contribution is 7.99. The predicted molar refractivity (Wildman–Crippen MR) is 73.3 cm³/mol. The molecule has 0 aliphatic carbocycles. The van der Waals surface area contributed by atoms with E-state index in [1.807, 2.05) is 0 Å². The van der Waals surface area contributed by atoms with Gasteiger partial charge in [0.25, 0.3) is 5.91 Å². The molecule has 2 N–H and O–H groups in total. The number of aliphatic hydroxyl groups excluding tert-OH is 1. The Balaban J connectivity index is 2.98. The number of amides is 1. The maximum Gasteiger partial charge on any atom is 0.448 e. The molecule has 0 aromatic heterocycles. The quantitative estimate of drug-likeness (QED) is 0.345.